The van der Waals surface area contributed by atoms with Crippen molar-refractivity contribution in [2.75, 3.05) is 19.7 Å². The molecule has 1 saturated heterocycles. The number of carbonyl (C=O) groups excluding carboxylic acids is 1. The van der Waals surface area contributed by atoms with E-state index in [9.17, 15) is 13.2 Å². The molecule has 1 N–H and O–H groups in total. The van der Waals surface area contributed by atoms with Crippen LogP contribution in [0.2, 0.25) is 5.02 Å². The topological polar surface area (TPSA) is 75.7 Å². The van der Waals surface area contributed by atoms with Crippen LogP contribution in [0.25, 0.3) is 0 Å². The summed E-state index contributed by atoms with van der Waals surface area (Å²) in [7, 11) is -3.77. The fourth-order valence-electron chi connectivity index (χ4n) is 3.65. The molecule has 0 saturated carbocycles. The zero-order valence-corrected chi connectivity index (χ0v) is 20.6. The number of nitrogens with one attached hydrogen (secondary N) is 1. The smallest absolute Gasteiger partial charge is 0.246 e. The normalized spacial score (nSPS) is 16.6. The number of sulfonamides is 1. The van der Waals surface area contributed by atoms with Crippen LogP contribution in [0, 0.1) is 5.92 Å². The van der Waals surface area contributed by atoms with Crippen molar-refractivity contribution in [1.82, 2.24) is 9.62 Å². The van der Waals surface area contributed by atoms with Gasteiger partial charge < -0.3 is 10.1 Å². The van der Waals surface area contributed by atoms with Crippen molar-refractivity contribution in [3.63, 3.8) is 0 Å². The Bertz CT molecular complexity index is 1040. The standard InChI is InChI=1S/C22H26BrClN2O4S/c1-3-30-20-8-7-19(24)14-21(20)31(28,29)26-11-9-16(10-12-26)22(27)25-15(2)17-5-4-6-18(23)13-17/h4-8,13-16H,3,9-12H2,1-2H3,(H,25,27)/t15-/m1/s1. The van der Waals surface area contributed by atoms with Crippen LogP contribution in [0.4, 0.5) is 0 Å². The number of hydrogen-bond donors (Lipinski definition) is 1. The Labute approximate surface area is 197 Å². The number of carbonyl (C=O) groups is 1. The number of rotatable bonds is 7. The highest BCUT2D eigenvalue weighted by Crippen LogP contribution is 2.32. The van der Waals surface area contributed by atoms with Gasteiger partial charge in [0.05, 0.1) is 12.6 Å². The van der Waals surface area contributed by atoms with Crippen LogP contribution < -0.4 is 10.1 Å². The maximum Gasteiger partial charge on any atom is 0.246 e. The van der Waals surface area contributed by atoms with E-state index in [0.29, 0.717) is 24.5 Å². The van der Waals surface area contributed by atoms with Gasteiger partial charge in [0, 0.05) is 28.5 Å². The molecule has 2 aromatic rings. The molecule has 3 rings (SSSR count). The molecule has 1 heterocycles. The third-order valence-corrected chi connectivity index (χ3v) is 8.00. The number of nitrogens with zero attached hydrogens (tertiary/aromatic N) is 1. The molecule has 0 spiro atoms. The third-order valence-electron chi connectivity index (χ3n) is 5.36. The second-order valence-corrected chi connectivity index (χ2v) is 10.7. The monoisotopic (exact) mass is 528 g/mol. The Hall–Kier alpha value is -1.61. The number of piperidine rings is 1. The van der Waals surface area contributed by atoms with Crippen molar-refractivity contribution < 1.29 is 17.9 Å². The predicted molar refractivity (Wildman–Crippen MR) is 125 cm³/mol. The summed E-state index contributed by atoms with van der Waals surface area (Å²) in [6.45, 7) is 4.62. The van der Waals surface area contributed by atoms with Gasteiger partial charge in [-0.3, -0.25) is 4.79 Å². The summed E-state index contributed by atoms with van der Waals surface area (Å²) in [5, 5.41) is 3.38. The molecule has 1 aliphatic heterocycles. The summed E-state index contributed by atoms with van der Waals surface area (Å²) in [5.41, 5.74) is 1.01. The summed E-state index contributed by atoms with van der Waals surface area (Å²) >= 11 is 9.49. The summed E-state index contributed by atoms with van der Waals surface area (Å²) in [6, 6.07) is 12.3. The Kier molecular flexibility index (Phi) is 8.02. The molecule has 2 aromatic carbocycles. The summed E-state index contributed by atoms with van der Waals surface area (Å²) in [5.74, 6) is 0.00340. The van der Waals surface area contributed by atoms with Crippen LogP contribution in [-0.2, 0) is 14.8 Å². The van der Waals surface area contributed by atoms with Gasteiger partial charge in [-0.05, 0) is 62.6 Å². The molecule has 168 valence electrons. The Morgan fingerprint density at radius 2 is 1.97 bits per heavy atom. The number of halogens is 2. The van der Waals surface area contributed by atoms with Gasteiger partial charge >= 0.3 is 0 Å². The van der Waals surface area contributed by atoms with Gasteiger partial charge in [0.1, 0.15) is 10.6 Å². The quantitative estimate of drug-likeness (QED) is 0.560. The minimum absolute atomic E-state index is 0.0534. The average Bonchev–Trinajstić information content (AvgIpc) is 2.75. The largest absolute Gasteiger partial charge is 0.492 e. The summed E-state index contributed by atoms with van der Waals surface area (Å²) in [4.78, 5) is 12.8. The fraction of sp³-hybridized carbons (Fsp3) is 0.409. The highest BCUT2D eigenvalue weighted by Gasteiger charge is 2.34. The lowest BCUT2D eigenvalue weighted by Gasteiger charge is -2.31. The molecule has 1 fully saturated rings. The van der Waals surface area contributed by atoms with E-state index >= 15 is 0 Å². The van der Waals surface area contributed by atoms with Crippen LogP contribution in [0.15, 0.2) is 51.8 Å². The van der Waals surface area contributed by atoms with Crippen molar-refractivity contribution in [1.29, 1.82) is 0 Å². The minimum Gasteiger partial charge on any atom is -0.492 e. The molecule has 1 amide bonds. The molecule has 1 aliphatic rings. The van der Waals surface area contributed by atoms with Gasteiger partial charge in [-0.1, -0.05) is 39.7 Å². The first-order valence-electron chi connectivity index (χ1n) is 10.2. The third kappa shape index (κ3) is 5.80. The summed E-state index contributed by atoms with van der Waals surface area (Å²) < 4.78 is 34.2. The molecular weight excluding hydrogens is 504 g/mol. The minimum atomic E-state index is -3.77. The van der Waals surface area contributed by atoms with Crippen LogP contribution in [-0.4, -0.2) is 38.3 Å². The van der Waals surface area contributed by atoms with Crippen molar-refractivity contribution in [2.24, 2.45) is 5.92 Å². The van der Waals surface area contributed by atoms with Gasteiger partial charge in [-0.25, -0.2) is 8.42 Å². The predicted octanol–water partition coefficient (Wildman–Crippen LogP) is 4.78. The van der Waals surface area contributed by atoms with E-state index in [4.69, 9.17) is 16.3 Å². The first-order chi connectivity index (χ1) is 14.7. The highest BCUT2D eigenvalue weighted by molar-refractivity contribution is 9.10. The number of hydrogen-bond acceptors (Lipinski definition) is 4. The summed E-state index contributed by atoms with van der Waals surface area (Å²) in [6.07, 6.45) is 0.918. The van der Waals surface area contributed by atoms with Gasteiger partial charge in [0.25, 0.3) is 0 Å². The van der Waals surface area contributed by atoms with Crippen molar-refractivity contribution in [2.45, 2.75) is 37.6 Å². The number of amides is 1. The van der Waals surface area contributed by atoms with Gasteiger partial charge in [0.2, 0.25) is 15.9 Å². The molecule has 0 aromatic heterocycles. The average molecular weight is 530 g/mol. The Morgan fingerprint density at radius 3 is 2.61 bits per heavy atom. The molecule has 0 radical (unpaired) electrons. The molecule has 31 heavy (non-hydrogen) atoms. The zero-order valence-electron chi connectivity index (χ0n) is 17.5. The first kappa shape index (κ1) is 24.0. The zero-order chi connectivity index (χ0) is 22.6. The fourth-order valence-corrected chi connectivity index (χ4v) is 5.93. The number of ether oxygens (including phenoxy) is 1. The van der Waals surface area contributed by atoms with E-state index in [-0.39, 0.29) is 41.6 Å². The lowest BCUT2D eigenvalue weighted by atomic mass is 9.96. The second kappa shape index (κ2) is 10.3. The maximum atomic E-state index is 13.2. The molecule has 6 nitrogen and oxygen atoms in total. The highest BCUT2D eigenvalue weighted by atomic mass is 79.9. The molecule has 1 atom stereocenters. The Balaban J connectivity index is 1.65. The molecule has 0 aliphatic carbocycles. The van der Waals surface area contributed by atoms with Crippen molar-refractivity contribution in [3.8, 4) is 5.75 Å². The van der Waals surface area contributed by atoms with Gasteiger partial charge in [0.15, 0.2) is 0 Å². The van der Waals surface area contributed by atoms with Crippen LogP contribution in [0.1, 0.15) is 38.3 Å². The van der Waals surface area contributed by atoms with Crippen LogP contribution in [0.5, 0.6) is 5.75 Å². The van der Waals surface area contributed by atoms with E-state index in [1.807, 2.05) is 31.2 Å². The van der Waals surface area contributed by atoms with Crippen LogP contribution >= 0.6 is 27.5 Å². The SMILES string of the molecule is CCOc1ccc(Cl)cc1S(=O)(=O)N1CCC(C(=O)N[C@H](C)c2cccc(Br)c2)CC1. The molecule has 0 unspecified atom stereocenters. The molecular formula is C22H26BrClN2O4S. The maximum absolute atomic E-state index is 13.2. The first-order valence-corrected chi connectivity index (χ1v) is 12.8. The lowest BCUT2D eigenvalue weighted by Crippen LogP contribution is -2.43. The van der Waals surface area contributed by atoms with Crippen LogP contribution in [0.3, 0.4) is 0 Å². The second-order valence-electron chi connectivity index (χ2n) is 7.49. The molecule has 0 bridgehead atoms. The molecule has 9 heteroatoms. The van der Waals surface area contributed by atoms with E-state index in [0.717, 1.165) is 10.0 Å². The van der Waals surface area contributed by atoms with Crippen molar-refractivity contribution >= 4 is 43.5 Å². The lowest BCUT2D eigenvalue weighted by molar-refractivity contribution is -0.126. The van der Waals surface area contributed by atoms with Gasteiger partial charge in [-0.2, -0.15) is 4.31 Å². The van der Waals surface area contributed by atoms with Crippen molar-refractivity contribution in [3.05, 3.63) is 57.5 Å². The van der Waals surface area contributed by atoms with E-state index in [1.165, 1.54) is 10.4 Å². The Morgan fingerprint density at radius 1 is 1.26 bits per heavy atom. The van der Waals surface area contributed by atoms with E-state index in [2.05, 4.69) is 21.2 Å². The van der Waals surface area contributed by atoms with Gasteiger partial charge in [-0.15, -0.1) is 0 Å². The number of benzene rings is 2. The van der Waals surface area contributed by atoms with E-state index in [1.54, 1.807) is 19.1 Å². The van der Waals surface area contributed by atoms with E-state index < -0.39 is 10.0 Å².